The van der Waals surface area contributed by atoms with Crippen LogP contribution < -0.4 is 26.3 Å². The Morgan fingerprint density at radius 3 is 1.35 bits per heavy atom. The van der Waals surface area contributed by atoms with Gasteiger partial charge in [0, 0.05) is 99.7 Å². The number of primary amides is 1. The predicted octanol–water partition coefficient (Wildman–Crippen LogP) is 7.68. The van der Waals surface area contributed by atoms with Gasteiger partial charge in [-0.2, -0.15) is 8.61 Å². The zero-order chi connectivity index (χ0) is 72.2. The van der Waals surface area contributed by atoms with Crippen molar-refractivity contribution in [3.05, 3.63) is 139 Å². The molecule has 98 heavy (non-hydrogen) atoms. The second-order valence-corrected chi connectivity index (χ2v) is 27.5. The number of aryl methyl sites for hydroxylation is 4. The number of carboxylic acid groups (broad SMARTS) is 1. The molecule has 1 spiro atoms. The number of amides is 4. The molecule has 0 saturated carbocycles. The van der Waals surface area contributed by atoms with Gasteiger partial charge in [-0.3, -0.25) is 24.2 Å². The molecule has 5 aliphatic rings. The fourth-order valence-corrected chi connectivity index (χ4v) is 13.7. The van der Waals surface area contributed by atoms with E-state index >= 15 is 0 Å². The summed E-state index contributed by atoms with van der Waals surface area (Å²) in [6, 6.07) is 11.7. The summed E-state index contributed by atoms with van der Waals surface area (Å²) in [4.78, 5) is 68.8. The molecule has 0 unspecified atom stereocenters. The Kier molecular flexibility index (Phi) is 27.8. The minimum absolute atomic E-state index is 0. The fraction of sp³-hybridized carbons (Fsp3) is 0.477. The zero-order valence-corrected chi connectivity index (χ0v) is 55.3. The molecule has 0 radical (unpaired) electrons. The van der Waals surface area contributed by atoms with E-state index < -0.39 is 90.3 Å². The van der Waals surface area contributed by atoms with Crippen molar-refractivity contribution in [1.29, 1.82) is 0 Å². The van der Waals surface area contributed by atoms with Crippen LogP contribution in [0.15, 0.2) is 76.5 Å². The number of hydrogen-bond acceptors (Lipinski definition) is 16. The van der Waals surface area contributed by atoms with Gasteiger partial charge in [0.05, 0.1) is 11.1 Å². The quantitative estimate of drug-likeness (QED) is 0.0561. The molecule has 0 aliphatic carbocycles. The van der Waals surface area contributed by atoms with Crippen molar-refractivity contribution in [3.63, 3.8) is 0 Å². The molecule has 4 aromatic carbocycles. The molecule has 540 valence electrons. The lowest BCUT2D eigenvalue weighted by Gasteiger charge is -2.35. The number of aliphatic hydroxyl groups is 3. The van der Waals surface area contributed by atoms with E-state index in [2.05, 4.69) is 19.8 Å². The minimum atomic E-state index is -5.12. The van der Waals surface area contributed by atoms with Crippen LogP contribution in [-0.2, 0) is 29.6 Å². The molecule has 5 heterocycles. The number of carbonyl (C=O) groups excluding carboxylic acids is 4. The Hall–Kier alpha value is -7.92. The SMILES string of the molecule is C.CCO.Cc1cc(C(=O)N2CCC(CO)CC2)cc(C)c1/C=C/S(=O)(=O)N1CCC(N)(C(N)=O)CC1.Cc1cc(C(=O)N2CCC(CO)CC2)cc(C)c1/C=C/S(=O)(=O)N1CCC2(CC1)N=C(c1ccc(F)c(OC(F)(F)F)c1)NC2=O.O=C(O)c1ccc(F)c(OC(F)(F)F)c1. The normalized spacial score (nSPS) is 17.9. The third-order valence-electron chi connectivity index (χ3n) is 17.0. The minimum Gasteiger partial charge on any atom is -0.478 e. The van der Waals surface area contributed by atoms with Crippen LogP contribution in [0.3, 0.4) is 0 Å². The maximum atomic E-state index is 13.9. The molecule has 9 N–H and O–H groups in total. The second kappa shape index (κ2) is 33.8. The van der Waals surface area contributed by atoms with Crippen LogP contribution in [0.5, 0.6) is 11.5 Å². The van der Waals surface area contributed by atoms with Gasteiger partial charge in [-0.05, 0) is 204 Å². The van der Waals surface area contributed by atoms with E-state index in [1.165, 1.54) is 14.7 Å². The fourth-order valence-electron chi connectivity index (χ4n) is 11.4. The first-order chi connectivity index (χ1) is 45.3. The number of aliphatic hydroxyl groups excluding tert-OH is 3. The van der Waals surface area contributed by atoms with Crippen molar-refractivity contribution in [2.45, 2.75) is 117 Å². The highest BCUT2D eigenvalue weighted by atomic mass is 32.2. The molecule has 23 nitrogen and oxygen atoms in total. The first kappa shape index (κ1) is 80.8. The summed E-state index contributed by atoms with van der Waals surface area (Å²) in [5, 5.41) is 39.4. The Bertz CT molecular complexity index is 3810. The number of nitrogens with one attached hydrogen (secondary N) is 1. The molecule has 5 aliphatic heterocycles. The summed E-state index contributed by atoms with van der Waals surface area (Å²) in [7, 11) is -7.60. The number of halogens is 8. The van der Waals surface area contributed by atoms with Gasteiger partial charge in [-0.25, -0.2) is 30.4 Å². The molecule has 33 heteroatoms. The van der Waals surface area contributed by atoms with Crippen molar-refractivity contribution in [1.82, 2.24) is 23.7 Å². The van der Waals surface area contributed by atoms with Crippen LogP contribution in [0.1, 0.15) is 136 Å². The maximum absolute atomic E-state index is 13.9. The van der Waals surface area contributed by atoms with Gasteiger partial charge in [0.1, 0.15) is 11.4 Å². The summed E-state index contributed by atoms with van der Waals surface area (Å²) in [6.07, 6.45) is -3.67. The molecule has 4 aromatic rings. The summed E-state index contributed by atoms with van der Waals surface area (Å²) < 4.78 is 161. The van der Waals surface area contributed by atoms with E-state index in [1.54, 1.807) is 60.9 Å². The highest BCUT2D eigenvalue weighted by molar-refractivity contribution is 7.92. The number of aromatic carboxylic acids is 1. The number of aliphatic imine (C=N–C) groups is 1. The van der Waals surface area contributed by atoms with Crippen molar-refractivity contribution >= 4 is 67.6 Å². The number of rotatable bonds is 15. The lowest BCUT2D eigenvalue weighted by atomic mass is 9.89. The smallest absolute Gasteiger partial charge is 0.478 e. The highest BCUT2D eigenvalue weighted by Crippen LogP contribution is 2.35. The third kappa shape index (κ3) is 21.3. The topological polar surface area (TPSA) is 342 Å². The molecular weight excluding hydrogens is 1350 g/mol. The average molecular weight is 1430 g/mol. The van der Waals surface area contributed by atoms with E-state index in [0.717, 1.165) is 88.6 Å². The zero-order valence-electron chi connectivity index (χ0n) is 53.7. The van der Waals surface area contributed by atoms with E-state index in [4.69, 9.17) is 21.7 Å². The van der Waals surface area contributed by atoms with Crippen LogP contribution in [0.25, 0.3) is 12.2 Å². The van der Waals surface area contributed by atoms with Gasteiger partial charge < -0.3 is 56.5 Å². The molecule has 4 saturated heterocycles. The number of nitrogens with two attached hydrogens (primary N) is 2. The number of ether oxygens (including phenoxy) is 2. The summed E-state index contributed by atoms with van der Waals surface area (Å²) in [5.41, 5.74) is 13.9. The number of nitrogens with zero attached hydrogens (tertiary/aromatic N) is 5. The van der Waals surface area contributed by atoms with Crippen LogP contribution in [0, 0.1) is 51.2 Å². The van der Waals surface area contributed by atoms with Gasteiger partial charge in [-0.15, -0.1) is 26.3 Å². The van der Waals surface area contributed by atoms with E-state index in [0.29, 0.717) is 55.0 Å². The van der Waals surface area contributed by atoms with E-state index in [1.807, 2.05) is 13.8 Å². The van der Waals surface area contributed by atoms with Crippen LogP contribution in [0.4, 0.5) is 35.1 Å². The van der Waals surface area contributed by atoms with Gasteiger partial charge in [-0.1, -0.05) is 7.43 Å². The van der Waals surface area contributed by atoms with Gasteiger partial charge >= 0.3 is 18.7 Å². The van der Waals surface area contributed by atoms with Crippen molar-refractivity contribution < 1.29 is 106 Å². The molecule has 0 atom stereocenters. The Morgan fingerprint density at radius 2 is 0.990 bits per heavy atom. The number of piperidine rings is 4. The number of sulfonamides is 2. The molecule has 0 bridgehead atoms. The second-order valence-electron chi connectivity index (χ2n) is 23.9. The van der Waals surface area contributed by atoms with E-state index in [-0.39, 0.29) is 114 Å². The number of benzene rings is 4. The first-order valence-electron chi connectivity index (χ1n) is 30.6. The van der Waals surface area contributed by atoms with Crippen LogP contribution >= 0.6 is 0 Å². The first-order valence-corrected chi connectivity index (χ1v) is 33.6. The van der Waals surface area contributed by atoms with E-state index in [9.17, 15) is 86.1 Å². The number of alkyl halides is 6. The molecule has 4 amide bonds. The lowest BCUT2D eigenvalue weighted by Crippen LogP contribution is -2.58. The highest BCUT2D eigenvalue weighted by Gasteiger charge is 2.48. The summed E-state index contributed by atoms with van der Waals surface area (Å²) >= 11 is 0. The number of carboxylic acids is 1. The standard InChI is InChI=1S/C31H34F4N4O6S.C23H34N4O5S.C8H4F4O3.C2H6O.CH4/c1-19-15-23(28(41)38-10-5-21(18-40)6-11-38)16-20(2)24(19)7-14-46(43,44)39-12-8-30(9-13-39)29(42)36-27(37-30)22-3-4-25(32)26(17-22)45-31(33,34)35;1-16-13-19(21(29)26-8-3-18(15-28)4-9-26)14-17(2)20(16)5-12-33(31,32)27-10-6-23(25,7-11-27)22(24)30;9-5-2-1-4(7(13)14)3-6(5)15-8(10,11)12;1-2-3;/h3-4,7,14-17,21,40H,5-6,8-13,18H2,1-2H3,(H,36,37,42);5,12-14,18,28H,3-4,6-11,15,25H2,1-2H3,(H2,24,30);1-3H,(H,13,14);3H,2H2,1H3;1H4/b14-7+;12-5+;;;. The van der Waals surface area contributed by atoms with Crippen molar-refractivity contribution in [2.75, 3.05) is 72.2 Å². The Labute approximate surface area is 562 Å². The largest absolute Gasteiger partial charge is 0.573 e. The summed E-state index contributed by atoms with van der Waals surface area (Å²) in [6.45, 7) is 12.0. The van der Waals surface area contributed by atoms with Gasteiger partial charge in [0.25, 0.3) is 17.7 Å². The molecule has 9 rings (SSSR count). The Balaban J connectivity index is 0.000000289. The predicted molar refractivity (Wildman–Crippen MR) is 347 cm³/mol. The van der Waals surface area contributed by atoms with Crippen molar-refractivity contribution in [3.8, 4) is 11.5 Å². The van der Waals surface area contributed by atoms with Crippen molar-refractivity contribution in [2.24, 2.45) is 28.3 Å². The number of hydrogen-bond donors (Lipinski definition) is 7. The van der Waals surface area contributed by atoms with Crippen LogP contribution in [-0.4, -0.2) is 187 Å². The molecule has 0 aromatic heterocycles. The third-order valence-corrected chi connectivity index (χ3v) is 20.1. The maximum Gasteiger partial charge on any atom is 0.573 e. The number of amidine groups is 1. The number of carbonyl (C=O) groups is 5. The number of likely N-dealkylation sites (tertiary alicyclic amines) is 2. The van der Waals surface area contributed by atoms with Gasteiger partial charge in [0.2, 0.25) is 26.0 Å². The van der Waals surface area contributed by atoms with Gasteiger partial charge in [0.15, 0.2) is 23.1 Å². The monoisotopic (exact) mass is 1430 g/mol. The molecular formula is C65H82F8N8O15S2. The Morgan fingerprint density at radius 1 is 0.622 bits per heavy atom. The van der Waals surface area contributed by atoms with Crippen LogP contribution in [0.2, 0.25) is 0 Å². The summed E-state index contributed by atoms with van der Waals surface area (Å²) in [5.74, 6) is -7.13. The lowest BCUT2D eigenvalue weighted by molar-refractivity contribution is -0.276. The molecule has 4 fully saturated rings. The average Bonchev–Trinajstić information content (AvgIpc) is 1.59.